The molecule has 0 aromatic heterocycles. The van der Waals surface area contributed by atoms with Gasteiger partial charge in [0.05, 0.1) is 5.56 Å². The quantitative estimate of drug-likeness (QED) is 0.516. The van der Waals surface area contributed by atoms with Crippen molar-refractivity contribution in [3.63, 3.8) is 0 Å². The smallest absolute Gasteiger partial charge is 0.139 e. The van der Waals surface area contributed by atoms with E-state index in [4.69, 9.17) is 6.42 Å². The Morgan fingerprint density at radius 2 is 2.07 bits per heavy atom. The molecule has 0 amide bonds. The van der Waals surface area contributed by atoms with Crippen LogP contribution in [0.5, 0.6) is 0 Å². The van der Waals surface area contributed by atoms with Gasteiger partial charge in [0.2, 0.25) is 0 Å². The molecule has 1 rings (SSSR count). The molecule has 1 heteroatoms. The van der Waals surface area contributed by atoms with Gasteiger partial charge < -0.3 is 0 Å². The van der Waals surface area contributed by atoms with Crippen molar-refractivity contribution in [1.82, 2.24) is 0 Å². The van der Waals surface area contributed by atoms with Gasteiger partial charge in [-0.25, -0.2) is 4.39 Å². The largest absolute Gasteiger partial charge is 0.206 e. The van der Waals surface area contributed by atoms with E-state index in [0.29, 0.717) is 5.56 Å². The molecule has 0 N–H and O–H groups in total. The van der Waals surface area contributed by atoms with Crippen molar-refractivity contribution in [2.75, 3.05) is 0 Å². The van der Waals surface area contributed by atoms with E-state index in [1.807, 2.05) is 13.0 Å². The van der Waals surface area contributed by atoms with Crippen LogP contribution >= 0.6 is 0 Å². The molecule has 0 unspecified atom stereocenters. The number of halogens is 1. The first kappa shape index (κ1) is 11.8. The maximum absolute atomic E-state index is 13.5. The van der Waals surface area contributed by atoms with E-state index < -0.39 is 0 Å². The van der Waals surface area contributed by atoms with Crippen LogP contribution in [-0.4, -0.2) is 0 Å². The molecule has 0 radical (unpaired) electrons. The van der Waals surface area contributed by atoms with Crippen LogP contribution in [0.2, 0.25) is 0 Å². The van der Waals surface area contributed by atoms with Gasteiger partial charge in [0, 0.05) is 0 Å². The van der Waals surface area contributed by atoms with E-state index >= 15 is 0 Å². The Bertz CT molecular complexity index is 348. The lowest BCUT2D eigenvalue weighted by Crippen LogP contribution is -1.94. The molecule has 15 heavy (non-hydrogen) atoms. The Kier molecular flexibility index (Phi) is 4.37. The molecular weight excluding hydrogens is 187 g/mol. The normalized spacial score (nSPS) is 10.0. The zero-order valence-corrected chi connectivity index (χ0v) is 9.44. The summed E-state index contributed by atoms with van der Waals surface area (Å²) in [6, 6.07) is 3.56. The topological polar surface area (TPSA) is 0 Å². The van der Waals surface area contributed by atoms with Crippen molar-refractivity contribution in [2.24, 2.45) is 0 Å². The lowest BCUT2D eigenvalue weighted by Gasteiger charge is -2.05. The molecule has 0 spiro atoms. The first-order valence-electron chi connectivity index (χ1n) is 5.44. The summed E-state index contributed by atoms with van der Waals surface area (Å²) in [6.07, 6.45) is 9.67. The van der Waals surface area contributed by atoms with E-state index in [9.17, 15) is 4.39 Å². The SMILES string of the molecule is C#Cc1c(C)cc(CCCCC)cc1F. The van der Waals surface area contributed by atoms with Gasteiger partial charge in [-0.05, 0) is 37.0 Å². The molecule has 0 bridgehead atoms. The summed E-state index contributed by atoms with van der Waals surface area (Å²) < 4.78 is 13.5. The summed E-state index contributed by atoms with van der Waals surface area (Å²) in [6.45, 7) is 4.02. The molecule has 0 saturated carbocycles. The third kappa shape index (κ3) is 3.09. The van der Waals surface area contributed by atoms with Gasteiger partial charge in [0.1, 0.15) is 5.82 Å². The minimum absolute atomic E-state index is 0.260. The van der Waals surface area contributed by atoms with Crippen molar-refractivity contribution in [2.45, 2.75) is 39.5 Å². The maximum atomic E-state index is 13.5. The lowest BCUT2D eigenvalue weighted by atomic mass is 10.0. The van der Waals surface area contributed by atoms with Crippen LogP contribution in [0.1, 0.15) is 42.9 Å². The molecule has 0 heterocycles. The minimum Gasteiger partial charge on any atom is -0.206 e. The van der Waals surface area contributed by atoms with Crippen molar-refractivity contribution in [1.29, 1.82) is 0 Å². The predicted molar refractivity (Wildman–Crippen MR) is 62.3 cm³/mol. The summed E-state index contributed by atoms with van der Waals surface area (Å²) in [5.41, 5.74) is 2.32. The fraction of sp³-hybridized carbons (Fsp3) is 0.429. The zero-order chi connectivity index (χ0) is 11.3. The Balaban J connectivity index is 2.81. The maximum Gasteiger partial charge on any atom is 0.139 e. The Morgan fingerprint density at radius 1 is 1.33 bits per heavy atom. The number of unbranched alkanes of at least 4 members (excludes halogenated alkanes) is 2. The fourth-order valence-electron chi connectivity index (χ4n) is 1.72. The standard InChI is InChI=1S/C14H17F/c1-4-6-7-8-12-9-11(3)13(5-2)14(15)10-12/h2,9-10H,4,6-8H2,1,3H3. The Morgan fingerprint density at radius 3 is 2.60 bits per heavy atom. The summed E-state index contributed by atoms with van der Waals surface area (Å²) in [4.78, 5) is 0. The molecule has 80 valence electrons. The van der Waals surface area contributed by atoms with E-state index in [1.54, 1.807) is 6.07 Å². The molecule has 0 aliphatic carbocycles. The second-order valence-corrected chi connectivity index (χ2v) is 3.87. The number of rotatable bonds is 4. The zero-order valence-electron chi connectivity index (χ0n) is 9.44. The van der Waals surface area contributed by atoms with Crippen LogP contribution < -0.4 is 0 Å². The molecule has 0 fully saturated rings. The van der Waals surface area contributed by atoms with Crippen LogP contribution in [0, 0.1) is 25.1 Å². The van der Waals surface area contributed by atoms with Gasteiger partial charge in [-0.2, -0.15) is 0 Å². The van der Waals surface area contributed by atoms with Gasteiger partial charge in [-0.3, -0.25) is 0 Å². The molecular formula is C14H17F. The second kappa shape index (κ2) is 5.56. The van der Waals surface area contributed by atoms with Crippen LogP contribution in [0.25, 0.3) is 0 Å². The summed E-state index contributed by atoms with van der Waals surface area (Å²) >= 11 is 0. The third-order valence-corrected chi connectivity index (χ3v) is 2.56. The second-order valence-electron chi connectivity index (χ2n) is 3.87. The van der Waals surface area contributed by atoms with Crippen LogP contribution in [-0.2, 0) is 6.42 Å². The highest BCUT2D eigenvalue weighted by atomic mass is 19.1. The van der Waals surface area contributed by atoms with Gasteiger partial charge in [-0.1, -0.05) is 31.8 Å². The van der Waals surface area contributed by atoms with E-state index in [2.05, 4.69) is 12.8 Å². The number of hydrogen-bond acceptors (Lipinski definition) is 0. The van der Waals surface area contributed by atoms with Gasteiger partial charge in [0.25, 0.3) is 0 Å². The van der Waals surface area contributed by atoms with Crippen molar-refractivity contribution < 1.29 is 4.39 Å². The third-order valence-electron chi connectivity index (χ3n) is 2.56. The first-order chi connectivity index (χ1) is 7.19. The van der Waals surface area contributed by atoms with Crippen LogP contribution in [0.3, 0.4) is 0 Å². The average molecular weight is 204 g/mol. The average Bonchev–Trinajstić information content (AvgIpc) is 2.18. The molecule has 0 atom stereocenters. The Hall–Kier alpha value is -1.29. The predicted octanol–water partition coefficient (Wildman–Crippen LogP) is 3.85. The van der Waals surface area contributed by atoms with Gasteiger partial charge >= 0.3 is 0 Å². The molecule has 0 aliphatic heterocycles. The molecule has 0 aliphatic rings. The first-order valence-corrected chi connectivity index (χ1v) is 5.44. The van der Waals surface area contributed by atoms with Crippen molar-refractivity contribution in [3.05, 3.63) is 34.6 Å². The molecule has 1 aromatic carbocycles. The highest BCUT2D eigenvalue weighted by Gasteiger charge is 2.05. The summed E-state index contributed by atoms with van der Waals surface area (Å²) in [5, 5.41) is 0. The number of aryl methyl sites for hydroxylation is 2. The Labute approximate surface area is 91.5 Å². The van der Waals surface area contributed by atoms with E-state index in [-0.39, 0.29) is 5.82 Å². The number of terminal acetylenes is 1. The summed E-state index contributed by atoms with van der Waals surface area (Å²) in [5.74, 6) is 2.12. The molecule has 0 nitrogen and oxygen atoms in total. The minimum atomic E-state index is -0.260. The highest BCUT2D eigenvalue weighted by Crippen LogP contribution is 2.16. The molecule has 0 saturated heterocycles. The number of hydrogen-bond donors (Lipinski definition) is 0. The summed E-state index contributed by atoms with van der Waals surface area (Å²) in [7, 11) is 0. The highest BCUT2D eigenvalue weighted by molar-refractivity contribution is 5.42. The molecule has 1 aromatic rings. The van der Waals surface area contributed by atoms with Gasteiger partial charge in [-0.15, -0.1) is 6.42 Å². The van der Waals surface area contributed by atoms with Crippen molar-refractivity contribution >= 4 is 0 Å². The van der Waals surface area contributed by atoms with Crippen LogP contribution in [0.15, 0.2) is 12.1 Å². The van der Waals surface area contributed by atoms with Crippen molar-refractivity contribution in [3.8, 4) is 12.3 Å². The van der Waals surface area contributed by atoms with E-state index in [1.165, 1.54) is 12.8 Å². The fourth-order valence-corrected chi connectivity index (χ4v) is 1.72. The lowest BCUT2D eigenvalue weighted by molar-refractivity contribution is 0.618. The number of benzene rings is 1. The van der Waals surface area contributed by atoms with E-state index in [0.717, 1.165) is 24.0 Å². The van der Waals surface area contributed by atoms with Gasteiger partial charge in [0.15, 0.2) is 0 Å². The monoisotopic (exact) mass is 204 g/mol. The van der Waals surface area contributed by atoms with Crippen LogP contribution in [0.4, 0.5) is 4.39 Å².